The lowest BCUT2D eigenvalue weighted by Gasteiger charge is -2.28. The van der Waals surface area contributed by atoms with Gasteiger partial charge in [0.25, 0.3) is 5.91 Å². The molecule has 1 heterocycles. The second-order valence-corrected chi connectivity index (χ2v) is 8.65. The first kappa shape index (κ1) is 19.5. The van der Waals surface area contributed by atoms with Crippen LogP contribution in [0.15, 0.2) is 53.4 Å². The van der Waals surface area contributed by atoms with Gasteiger partial charge in [-0.15, -0.1) is 0 Å². The molecule has 1 atom stereocenters. The number of methoxy groups -OCH3 is 1. The van der Waals surface area contributed by atoms with Gasteiger partial charge in [-0.3, -0.25) is 4.79 Å². The van der Waals surface area contributed by atoms with E-state index in [0.29, 0.717) is 31.7 Å². The molecule has 1 aliphatic heterocycles. The molecule has 27 heavy (non-hydrogen) atoms. The van der Waals surface area contributed by atoms with Gasteiger partial charge in [0, 0.05) is 31.8 Å². The molecular formula is C20H24N2O4S. The van der Waals surface area contributed by atoms with Crippen molar-refractivity contribution in [3.63, 3.8) is 0 Å². The number of hydrogen-bond donors (Lipinski definition) is 1. The summed E-state index contributed by atoms with van der Waals surface area (Å²) >= 11 is 0. The summed E-state index contributed by atoms with van der Waals surface area (Å²) in [6, 6.07) is 13.8. The number of fused-ring (bicyclic) bond motifs is 1. The van der Waals surface area contributed by atoms with Crippen LogP contribution in [-0.2, 0) is 27.7 Å². The quantitative estimate of drug-likeness (QED) is 0.823. The average Bonchev–Trinajstić information content (AvgIpc) is 2.67. The second kappa shape index (κ2) is 8.21. The molecule has 0 spiro atoms. The number of benzene rings is 2. The van der Waals surface area contributed by atoms with Gasteiger partial charge in [-0.05, 0) is 48.7 Å². The van der Waals surface area contributed by atoms with Gasteiger partial charge >= 0.3 is 0 Å². The Bertz CT molecular complexity index is 910. The van der Waals surface area contributed by atoms with Gasteiger partial charge in [-0.1, -0.05) is 24.3 Å². The molecule has 6 nitrogen and oxygen atoms in total. The zero-order valence-corrected chi connectivity index (χ0v) is 16.3. The standard InChI is InChI=1S/C20H24N2O4S/c1-15(14-26-2)21-20(23)17-7-9-19(10-8-17)27(24,25)22-12-11-16-5-3-4-6-18(16)13-22/h3-10,15H,11-14H2,1-2H3,(H,21,23)/t15-/m0/s1. The minimum Gasteiger partial charge on any atom is -0.383 e. The van der Waals surface area contributed by atoms with Crippen molar-refractivity contribution in [2.24, 2.45) is 0 Å². The van der Waals surface area contributed by atoms with Crippen molar-refractivity contribution in [2.45, 2.75) is 30.8 Å². The zero-order valence-electron chi connectivity index (χ0n) is 15.5. The van der Waals surface area contributed by atoms with Crippen molar-refractivity contribution in [1.29, 1.82) is 0 Å². The van der Waals surface area contributed by atoms with E-state index >= 15 is 0 Å². The Labute approximate surface area is 160 Å². The Morgan fingerprint density at radius 1 is 1.15 bits per heavy atom. The van der Waals surface area contributed by atoms with E-state index in [2.05, 4.69) is 5.32 Å². The smallest absolute Gasteiger partial charge is 0.251 e. The summed E-state index contributed by atoms with van der Waals surface area (Å²) in [7, 11) is -2.03. The number of nitrogens with one attached hydrogen (secondary N) is 1. The fourth-order valence-corrected chi connectivity index (χ4v) is 4.62. The highest BCUT2D eigenvalue weighted by molar-refractivity contribution is 7.89. The largest absolute Gasteiger partial charge is 0.383 e. The molecule has 0 fully saturated rings. The van der Waals surface area contributed by atoms with Crippen molar-refractivity contribution in [2.75, 3.05) is 20.3 Å². The Morgan fingerprint density at radius 2 is 1.81 bits per heavy atom. The van der Waals surface area contributed by atoms with Gasteiger partial charge in [0.05, 0.1) is 11.5 Å². The fraction of sp³-hybridized carbons (Fsp3) is 0.350. The molecule has 1 N–H and O–H groups in total. The van der Waals surface area contributed by atoms with Gasteiger partial charge in [-0.2, -0.15) is 4.31 Å². The normalized spacial score (nSPS) is 15.8. The molecule has 0 aromatic heterocycles. The lowest BCUT2D eigenvalue weighted by molar-refractivity contribution is 0.0905. The summed E-state index contributed by atoms with van der Waals surface area (Å²) in [5.74, 6) is -0.254. The maximum Gasteiger partial charge on any atom is 0.251 e. The molecule has 0 aliphatic carbocycles. The molecule has 144 valence electrons. The first-order valence-corrected chi connectivity index (χ1v) is 10.3. The third-order valence-electron chi connectivity index (χ3n) is 4.64. The molecule has 2 aromatic carbocycles. The van der Waals surface area contributed by atoms with E-state index in [9.17, 15) is 13.2 Å². The number of amides is 1. The zero-order chi connectivity index (χ0) is 19.4. The third kappa shape index (κ3) is 4.37. The summed E-state index contributed by atoms with van der Waals surface area (Å²) in [5, 5.41) is 2.81. The van der Waals surface area contributed by atoms with Crippen molar-refractivity contribution in [1.82, 2.24) is 9.62 Å². The van der Waals surface area contributed by atoms with Crippen LogP contribution in [0.4, 0.5) is 0 Å². The number of sulfonamides is 1. The van der Waals surface area contributed by atoms with E-state index in [1.54, 1.807) is 19.2 Å². The van der Waals surface area contributed by atoms with Crippen LogP contribution in [0.2, 0.25) is 0 Å². The fourth-order valence-electron chi connectivity index (χ4n) is 3.20. The van der Waals surface area contributed by atoms with Crippen LogP contribution >= 0.6 is 0 Å². The van der Waals surface area contributed by atoms with E-state index in [-0.39, 0.29) is 16.8 Å². The van der Waals surface area contributed by atoms with Crippen molar-refractivity contribution < 1.29 is 17.9 Å². The molecular weight excluding hydrogens is 364 g/mol. The molecule has 7 heteroatoms. The maximum absolute atomic E-state index is 12.9. The van der Waals surface area contributed by atoms with Gasteiger partial charge in [0.2, 0.25) is 10.0 Å². The Balaban J connectivity index is 1.73. The topological polar surface area (TPSA) is 75.7 Å². The Morgan fingerprint density at radius 3 is 2.48 bits per heavy atom. The van der Waals surface area contributed by atoms with Crippen LogP contribution in [0.25, 0.3) is 0 Å². The number of hydrogen-bond acceptors (Lipinski definition) is 4. The van der Waals surface area contributed by atoms with Gasteiger partial charge < -0.3 is 10.1 Å². The predicted octanol–water partition coefficient (Wildman–Crippen LogP) is 2.20. The van der Waals surface area contributed by atoms with Gasteiger partial charge in [-0.25, -0.2) is 8.42 Å². The highest BCUT2D eigenvalue weighted by Crippen LogP contribution is 2.25. The lowest BCUT2D eigenvalue weighted by Crippen LogP contribution is -2.36. The molecule has 0 saturated heterocycles. The number of rotatable bonds is 6. The minimum atomic E-state index is -3.60. The van der Waals surface area contributed by atoms with Crippen LogP contribution in [0.3, 0.4) is 0 Å². The predicted molar refractivity (Wildman–Crippen MR) is 103 cm³/mol. The Hall–Kier alpha value is -2.22. The number of carbonyl (C=O) groups excluding carboxylic acids is 1. The van der Waals surface area contributed by atoms with Crippen LogP contribution in [-0.4, -0.2) is 44.9 Å². The molecule has 0 bridgehead atoms. The SMILES string of the molecule is COC[C@H](C)NC(=O)c1ccc(S(=O)(=O)N2CCc3ccccc3C2)cc1. The molecule has 0 radical (unpaired) electrons. The van der Waals surface area contributed by atoms with Gasteiger partial charge in [0.1, 0.15) is 0 Å². The lowest BCUT2D eigenvalue weighted by atomic mass is 10.0. The van der Waals surface area contributed by atoms with Crippen LogP contribution in [0, 0.1) is 0 Å². The van der Waals surface area contributed by atoms with E-state index in [1.807, 2.05) is 31.2 Å². The maximum atomic E-state index is 12.9. The third-order valence-corrected chi connectivity index (χ3v) is 6.50. The molecule has 3 rings (SSSR count). The van der Waals surface area contributed by atoms with E-state index in [1.165, 1.54) is 22.0 Å². The average molecular weight is 388 g/mol. The highest BCUT2D eigenvalue weighted by atomic mass is 32.2. The van der Waals surface area contributed by atoms with E-state index in [0.717, 1.165) is 5.56 Å². The van der Waals surface area contributed by atoms with Crippen LogP contribution in [0.5, 0.6) is 0 Å². The van der Waals surface area contributed by atoms with E-state index in [4.69, 9.17) is 4.74 Å². The number of ether oxygens (including phenoxy) is 1. The summed E-state index contributed by atoms with van der Waals surface area (Å²) in [6.07, 6.45) is 0.702. The molecule has 1 amide bonds. The number of carbonyl (C=O) groups is 1. The van der Waals surface area contributed by atoms with Crippen molar-refractivity contribution in [3.05, 3.63) is 65.2 Å². The molecule has 2 aromatic rings. The molecule has 1 aliphatic rings. The summed E-state index contributed by atoms with van der Waals surface area (Å²) in [5.41, 5.74) is 2.65. The first-order valence-electron chi connectivity index (χ1n) is 8.88. The first-order chi connectivity index (χ1) is 12.9. The summed E-state index contributed by atoms with van der Waals surface area (Å²) < 4.78 is 32.4. The summed E-state index contributed by atoms with van der Waals surface area (Å²) in [4.78, 5) is 12.4. The van der Waals surface area contributed by atoms with Crippen molar-refractivity contribution in [3.8, 4) is 0 Å². The molecule has 0 saturated carbocycles. The van der Waals surface area contributed by atoms with Crippen LogP contribution < -0.4 is 5.32 Å². The minimum absolute atomic E-state index is 0.126. The van der Waals surface area contributed by atoms with E-state index < -0.39 is 10.0 Å². The Kier molecular flexibility index (Phi) is 5.94. The highest BCUT2D eigenvalue weighted by Gasteiger charge is 2.28. The monoisotopic (exact) mass is 388 g/mol. The van der Waals surface area contributed by atoms with Crippen LogP contribution in [0.1, 0.15) is 28.4 Å². The molecule has 0 unspecified atom stereocenters. The van der Waals surface area contributed by atoms with Crippen molar-refractivity contribution >= 4 is 15.9 Å². The second-order valence-electron chi connectivity index (χ2n) is 6.71. The number of nitrogens with zero attached hydrogens (tertiary/aromatic N) is 1. The summed E-state index contributed by atoms with van der Waals surface area (Å²) in [6.45, 7) is 3.08. The van der Waals surface area contributed by atoms with Gasteiger partial charge in [0.15, 0.2) is 0 Å².